The summed E-state index contributed by atoms with van der Waals surface area (Å²) in [6, 6.07) is 9.62. The Balaban J connectivity index is 0.000000572. The minimum absolute atomic E-state index is 0.0342. The summed E-state index contributed by atoms with van der Waals surface area (Å²) in [5, 5.41) is 8.50. The van der Waals surface area contributed by atoms with Gasteiger partial charge in [-0.3, -0.25) is 13.7 Å². The van der Waals surface area contributed by atoms with E-state index in [1.807, 2.05) is 0 Å². The summed E-state index contributed by atoms with van der Waals surface area (Å²) in [5.74, 6) is -1.83. The molecular formula is C29H25F3N4O4S. The molecule has 41 heavy (non-hydrogen) atoms. The van der Waals surface area contributed by atoms with Crippen LogP contribution < -0.4 is 14.8 Å². The first-order valence-corrected chi connectivity index (χ1v) is 13.5. The SMILES string of the molecule is COc1cnn(C(C(=O)NCc2ccnc(OC)c2)c2ccc(-c3ccc(F)c(F)c3)cc2F)c1.O=S1C=C=CC1. The molecule has 4 aromatic rings. The van der Waals surface area contributed by atoms with Crippen molar-refractivity contribution in [1.29, 1.82) is 0 Å². The Kier molecular flexibility index (Phi) is 9.73. The number of amides is 1. The third-order valence-electron chi connectivity index (χ3n) is 5.91. The molecule has 5 rings (SSSR count). The van der Waals surface area contributed by atoms with Crippen LogP contribution in [0.15, 0.2) is 84.3 Å². The highest BCUT2D eigenvalue weighted by Gasteiger charge is 2.27. The predicted molar refractivity (Wildman–Crippen MR) is 147 cm³/mol. The molecule has 0 bridgehead atoms. The Hall–Kier alpha value is -4.67. The Labute approximate surface area is 236 Å². The summed E-state index contributed by atoms with van der Waals surface area (Å²) in [6.07, 6.45) is 6.20. The number of rotatable bonds is 8. The topological polar surface area (TPSA) is 95.3 Å². The van der Waals surface area contributed by atoms with Crippen LogP contribution in [-0.4, -0.2) is 44.9 Å². The molecule has 8 nitrogen and oxygen atoms in total. The number of ether oxygens (including phenoxy) is 2. The third kappa shape index (κ3) is 7.50. The number of methoxy groups -OCH3 is 2. The molecule has 2 aromatic carbocycles. The van der Waals surface area contributed by atoms with E-state index in [0.717, 1.165) is 23.8 Å². The number of halogens is 3. The van der Waals surface area contributed by atoms with Crippen molar-refractivity contribution < 1.29 is 31.6 Å². The molecule has 0 fully saturated rings. The first-order chi connectivity index (χ1) is 19.8. The third-order valence-corrected chi connectivity index (χ3v) is 6.81. The lowest BCUT2D eigenvalue weighted by molar-refractivity contribution is -0.123. The normalized spacial score (nSPS) is 14.2. The average molecular weight is 583 g/mol. The number of carbonyl (C=O) groups excluding carboxylic acids is 1. The van der Waals surface area contributed by atoms with E-state index in [4.69, 9.17) is 9.47 Å². The zero-order valence-corrected chi connectivity index (χ0v) is 22.8. The van der Waals surface area contributed by atoms with Gasteiger partial charge in [0, 0.05) is 29.8 Å². The van der Waals surface area contributed by atoms with Crippen molar-refractivity contribution in [3.05, 3.63) is 113 Å². The van der Waals surface area contributed by atoms with E-state index in [-0.39, 0.29) is 12.1 Å². The number of hydrogen-bond donors (Lipinski definition) is 1. The van der Waals surface area contributed by atoms with E-state index in [0.29, 0.717) is 28.5 Å². The van der Waals surface area contributed by atoms with Gasteiger partial charge < -0.3 is 14.8 Å². The first-order valence-electron chi connectivity index (χ1n) is 12.2. The summed E-state index contributed by atoms with van der Waals surface area (Å²) >= 11 is 0. The van der Waals surface area contributed by atoms with Crippen molar-refractivity contribution in [2.75, 3.05) is 20.0 Å². The van der Waals surface area contributed by atoms with Gasteiger partial charge >= 0.3 is 0 Å². The number of nitrogens with zero attached hydrogens (tertiary/aromatic N) is 3. The van der Waals surface area contributed by atoms with Crippen molar-refractivity contribution in [2.24, 2.45) is 0 Å². The van der Waals surface area contributed by atoms with E-state index in [1.165, 1.54) is 49.5 Å². The van der Waals surface area contributed by atoms with Gasteiger partial charge in [0.25, 0.3) is 0 Å². The smallest absolute Gasteiger partial charge is 0.249 e. The number of aromatic nitrogens is 3. The van der Waals surface area contributed by atoms with E-state index in [9.17, 15) is 17.8 Å². The van der Waals surface area contributed by atoms with E-state index >= 15 is 4.39 Å². The van der Waals surface area contributed by atoms with Crippen molar-refractivity contribution in [2.45, 2.75) is 12.6 Å². The van der Waals surface area contributed by atoms with Crippen molar-refractivity contribution in [1.82, 2.24) is 20.1 Å². The molecule has 1 aliphatic heterocycles. The lowest BCUT2D eigenvalue weighted by Crippen LogP contribution is -2.33. The summed E-state index contributed by atoms with van der Waals surface area (Å²) in [4.78, 5) is 17.3. The average Bonchev–Trinajstić information content (AvgIpc) is 3.66. The fraction of sp³-hybridized carbons (Fsp3) is 0.172. The number of pyridine rings is 1. The molecule has 1 N–H and O–H groups in total. The second-order valence-corrected chi connectivity index (χ2v) is 9.92. The molecule has 0 saturated heterocycles. The van der Waals surface area contributed by atoms with Crippen LogP contribution in [0, 0.1) is 17.5 Å². The Bertz CT molecular complexity index is 1640. The van der Waals surface area contributed by atoms with Gasteiger partial charge in [0.1, 0.15) is 5.82 Å². The van der Waals surface area contributed by atoms with Crippen LogP contribution in [0.1, 0.15) is 17.2 Å². The van der Waals surface area contributed by atoms with Gasteiger partial charge in [0.05, 0.1) is 43.2 Å². The number of hydrogen-bond acceptors (Lipinski definition) is 6. The van der Waals surface area contributed by atoms with Crippen molar-refractivity contribution in [3.63, 3.8) is 0 Å². The maximum absolute atomic E-state index is 15.3. The highest BCUT2D eigenvalue weighted by Crippen LogP contribution is 2.29. The van der Waals surface area contributed by atoms with Crippen LogP contribution in [0.4, 0.5) is 13.2 Å². The van der Waals surface area contributed by atoms with Crippen LogP contribution >= 0.6 is 0 Å². The zero-order valence-electron chi connectivity index (χ0n) is 22.0. The maximum Gasteiger partial charge on any atom is 0.249 e. The fourth-order valence-corrected chi connectivity index (χ4v) is 4.44. The lowest BCUT2D eigenvalue weighted by Gasteiger charge is -2.19. The summed E-state index contributed by atoms with van der Waals surface area (Å²) in [5.41, 5.74) is 4.11. The number of carbonyl (C=O) groups is 1. The largest absolute Gasteiger partial charge is 0.493 e. The monoisotopic (exact) mass is 582 g/mol. The van der Waals surface area contributed by atoms with E-state index < -0.39 is 40.2 Å². The summed E-state index contributed by atoms with van der Waals surface area (Å²) < 4.78 is 64.0. The van der Waals surface area contributed by atoms with Crippen LogP contribution in [0.3, 0.4) is 0 Å². The van der Waals surface area contributed by atoms with Gasteiger partial charge in [-0.25, -0.2) is 18.2 Å². The Morgan fingerprint density at radius 1 is 1.05 bits per heavy atom. The van der Waals surface area contributed by atoms with Crippen LogP contribution in [0.2, 0.25) is 0 Å². The molecule has 2 aromatic heterocycles. The van der Waals surface area contributed by atoms with E-state index in [1.54, 1.807) is 29.8 Å². The molecule has 2 unspecified atom stereocenters. The van der Waals surface area contributed by atoms with Gasteiger partial charge in [0.15, 0.2) is 23.4 Å². The van der Waals surface area contributed by atoms with Crippen LogP contribution in [0.25, 0.3) is 11.1 Å². The standard InChI is InChI=1S/C25H21F3N4O3.C4H4OS/c1-34-18-13-31-32(14-18)24(25(33)30-12-15-7-8-29-23(9-15)35-2)19-5-3-16(10-21(19)27)17-4-6-20(26)22(28)11-17;5-6-3-1-2-4-6/h3-11,13-14,24H,12H2,1-2H3,(H,30,33);1,4H,3H2. The number of nitrogens with one attached hydrogen (secondary N) is 1. The second-order valence-electron chi connectivity index (χ2n) is 8.59. The van der Waals surface area contributed by atoms with E-state index in [2.05, 4.69) is 21.1 Å². The van der Waals surface area contributed by atoms with Crippen molar-refractivity contribution >= 4 is 16.7 Å². The molecule has 2 atom stereocenters. The Morgan fingerprint density at radius 3 is 2.39 bits per heavy atom. The molecular weight excluding hydrogens is 557 g/mol. The van der Waals surface area contributed by atoms with Gasteiger partial charge in [-0.1, -0.05) is 18.2 Å². The predicted octanol–water partition coefficient (Wildman–Crippen LogP) is 4.70. The zero-order chi connectivity index (χ0) is 29.4. The number of benzene rings is 2. The van der Waals surface area contributed by atoms with Crippen LogP contribution in [0.5, 0.6) is 11.6 Å². The fourth-order valence-electron chi connectivity index (χ4n) is 3.84. The summed E-state index contributed by atoms with van der Waals surface area (Å²) in [6.45, 7) is 0.140. The van der Waals surface area contributed by atoms with Gasteiger partial charge in [-0.2, -0.15) is 5.10 Å². The minimum atomic E-state index is -1.17. The van der Waals surface area contributed by atoms with Gasteiger partial charge in [-0.15, -0.1) is 5.73 Å². The minimum Gasteiger partial charge on any atom is -0.493 e. The quantitative estimate of drug-likeness (QED) is 0.303. The second kappa shape index (κ2) is 13.6. The molecule has 3 heterocycles. The molecule has 1 aliphatic rings. The van der Waals surface area contributed by atoms with Crippen LogP contribution in [-0.2, 0) is 22.1 Å². The highest BCUT2D eigenvalue weighted by atomic mass is 32.2. The lowest BCUT2D eigenvalue weighted by atomic mass is 9.99. The van der Waals surface area contributed by atoms with Gasteiger partial charge in [-0.05, 0) is 47.0 Å². The molecule has 0 aliphatic carbocycles. The molecule has 212 valence electrons. The maximum atomic E-state index is 15.3. The molecule has 12 heteroatoms. The molecule has 0 saturated carbocycles. The molecule has 1 amide bonds. The highest BCUT2D eigenvalue weighted by molar-refractivity contribution is 7.88. The van der Waals surface area contributed by atoms with Gasteiger partial charge in [0.2, 0.25) is 11.8 Å². The molecule has 0 radical (unpaired) electrons. The Morgan fingerprint density at radius 2 is 1.80 bits per heavy atom. The molecule has 0 spiro atoms. The first kappa shape index (κ1) is 29.3. The summed E-state index contributed by atoms with van der Waals surface area (Å²) in [7, 11) is 2.22. The van der Waals surface area contributed by atoms with Crippen molar-refractivity contribution in [3.8, 4) is 22.8 Å².